The summed E-state index contributed by atoms with van der Waals surface area (Å²) < 4.78 is 5.01. The van der Waals surface area contributed by atoms with Crippen LogP contribution in [0.5, 0.6) is 0 Å². The molecule has 0 spiro atoms. The molecule has 1 heterocycles. The Balaban J connectivity index is 1.75. The first-order valence-electron chi connectivity index (χ1n) is 6.54. The fourth-order valence-corrected chi connectivity index (χ4v) is 2.75. The standard InChI is InChI=1S/C14H22O2/c15-14(10-13-7-8-16-11-13)9-12-5-3-1-2-4-6-12/h7-8,11-12,14-15H,1-6,9-10H2. The van der Waals surface area contributed by atoms with Crippen LogP contribution in [-0.2, 0) is 6.42 Å². The minimum absolute atomic E-state index is 0.194. The first-order valence-corrected chi connectivity index (χ1v) is 6.54. The molecule has 0 aliphatic heterocycles. The van der Waals surface area contributed by atoms with Crippen LogP contribution in [0.15, 0.2) is 23.0 Å². The summed E-state index contributed by atoms with van der Waals surface area (Å²) in [5, 5.41) is 10.0. The fraction of sp³-hybridized carbons (Fsp3) is 0.714. The van der Waals surface area contributed by atoms with Gasteiger partial charge in [0.1, 0.15) is 0 Å². The summed E-state index contributed by atoms with van der Waals surface area (Å²) >= 11 is 0. The van der Waals surface area contributed by atoms with Crippen molar-refractivity contribution in [1.29, 1.82) is 0 Å². The van der Waals surface area contributed by atoms with Gasteiger partial charge in [0.05, 0.1) is 18.6 Å². The summed E-state index contributed by atoms with van der Waals surface area (Å²) in [6.07, 6.45) is 13.0. The van der Waals surface area contributed by atoms with Crippen LogP contribution in [0.2, 0.25) is 0 Å². The van der Waals surface area contributed by atoms with Gasteiger partial charge in [-0.25, -0.2) is 0 Å². The van der Waals surface area contributed by atoms with Gasteiger partial charge in [0.2, 0.25) is 0 Å². The molecule has 1 aromatic rings. The van der Waals surface area contributed by atoms with Gasteiger partial charge in [-0.05, 0) is 24.0 Å². The topological polar surface area (TPSA) is 33.4 Å². The third-order valence-corrected chi connectivity index (χ3v) is 3.63. The summed E-state index contributed by atoms with van der Waals surface area (Å²) in [5.41, 5.74) is 1.11. The molecule has 1 unspecified atom stereocenters. The maximum absolute atomic E-state index is 10.0. The molecule has 0 radical (unpaired) electrons. The fourth-order valence-electron chi connectivity index (χ4n) is 2.75. The van der Waals surface area contributed by atoms with Crippen molar-refractivity contribution in [3.63, 3.8) is 0 Å². The minimum Gasteiger partial charge on any atom is -0.472 e. The SMILES string of the molecule is OC(Cc1ccoc1)CC1CCCCCC1. The maximum Gasteiger partial charge on any atom is 0.0935 e. The number of hydrogen-bond acceptors (Lipinski definition) is 2. The molecule has 1 aliphatic carbocycles. The van der Waals surface area contributed by atoms with E-state index in [1.807, 2.05) is 6.07 Å². The second-order valence-corrected chi connectivity index (χ2v) is 5.08. The van der Waals surface area contributed by atoms with Crippen molar-refractivity contribution in [1.82, 2.24) is 0 Å². The molecule has 1 aromatic heterocycles. The predicted octanol–water partition coefficient (Wildman–Crippen LogP) is 3.54. The van der Waals surface area contributed by atoms with Crippen LogP contribution in [0.25, 0.3) is 0 Å². The van der Waals surface area contributed by atoms with E-state index in [9.17, 15) is 5.11 Å². The largest absolute Gasteiger partial charge is 0.472 e. The van der Waals surface area contributed by atoms with Gasteiger partial charge >= 0.3 is 0 Å². The Hall–Kier alpha value is -0.760. The summed E-state index contributed by atoms with van der Waals surface area (Å²) in [7, 11) is 0. The molecule has 90 valence electrons. The van der Waals surface area contributed by atoms with Gasteiger partial charge in [-0.1, -0.05) is 38.5 Å². The van der Waals surface area contributed by atoms with E-state index in [0.29, 0.717) is 0 Å². The first-order chi connectivity index (χ1) is 7.84. The molecule has 0 amide bonds. The summed E-state index contributed by atoms with van der Waals surface area (Å²) in [5.74, 6) is 0.740. The van der Waals surface area contributed by atoms with Gasteiger partial charge in [-0.2, -0.15) is 0 Å². The van der Waals surface area contributed by atoms with E-state index in [1.54, 1.807) is 12.5 Å². The van der Waals surface area contributed by atoms with E-state index in [0.717, 1.165) is 24.3 Å². The van der Waals surface area contributed by atoms with Crippen LogP contribution >= 0.6 is 0 Å². The molecule has 0 saturated heterocycles. The quantitative estimate of drug-likeness (QED) is 0.790. The van der Waals surface area contributed by atoms with E-state index < -0.39 is 0 Å². The molecule has 2 nitrogen and oxygen atoms in total. The molecular weight excluding hydrogens is 200 g/mol. The van der Waals surface area contributed by atoms with Crippen molar-refractivity contribution < 1.29 is 9.52 Å². The summed E-state index contributed by atoms with van der Waals surface area (Å²) in [6, 6.07) is 1.94. The number of aliphatic hydroxyl groups excluding tert-OH is 1. The van der Waals surface area contributed by atoms with Gasteiger partial charge in [-0.3, -0.25) is 0 Å². The van der Waals surface area contributed by atoms with Gasteiger partial charge in [0.25, 0.3) is 0 Å². The summed E-state index contributed by atoms with van der Waals surface area (Å²) in [4.78, 5) is 0. The molecule has 1 saturated carbocycles. The first kappa shape index (κ1) is 11.7. The molecular formula is C14H22O2. The highest BCUT2D eigenvalue weighted by molar-refractivity contribution is 5.06. The van der Waals surface area contributed by atoms with Crippen LogP contribution in [0, 0.1) is 5.92 Å². The minimum atomic E-state index is -0.194. The third-order valence-electron chi connectivity index (χ3n) is 3.63. The Labute approximate surface area is 97.7 Å². The van der Waals surface area contributed by atoms with E-state index in [1.165, 1.54) is 38.5 Å². The summed E-state index contributed by atoms with van der Waals surface area (Å²) in [6.45, 7) is 0. The van der Waals surface area contributed by atoms with Gasteiger partial charge in [-0.15, -0.1) is 0 Å². The number of aliphatic hydroxyl groups is 1. The van der Waals surface area contributed by atoms with E-state index in [-0.39, 0.29) is 6.10 Å². The van der Waals surface area contributed by atoms with Crippen LogP contribution < -0.4 is 0 Å². The van der Waals surface area contributed by atoms with Gasteiger partial charge in [0, 0.05) is 6.42 Å². The lowest BCUT2D eigenvalue weighted by molar-refractivity contribution is 0.137. The van der Waals surface area contributed by atoms with Crippen molar-refractivity contribution >= 4 is 0 Å². The Bertz CT molecular complexity index is 271. The molecule has 1 aliphatic rings. The molecule has 0 aromatic carbocycles. The van der Waals surface area contributed by atoms with Crippen molar-refractivity contribution in [2.24, 2.45) is 5.92 Å². The Morgan fingerprint density at radius 2 is 2.00 bits per heavy atom. The third kappa shape index (κ3) is 3.67. The van der Waals surface area contributed by atoms with Crippen molar-refractivity contribution in [2.75, 3.05) is 0 Å². The van der Waals surface area contributed by atoms with Crippen molar-refractivity contribution in [2.45, 2.75) is 57.5 Å². The van der Waals surface area contributed by atoms with Gasteiger partial charge < -0.3 is 9.52 Å². The van der Waals surface area contributed by atoms with Crippen LogP contribution in [0.4, 0.5) is 0 Å². The van der Waals surface area contributed by atoms with Crippen LogP contribution in [-0.4, -0.2) is 11.2 Å². The van der Waals surface area contributed by atoms with Crippen LogP contribution in [0.1, 0.15) is 50.5 Å². The average molecular weight is 222 g/mol. The average Bonchev–Trinajstić information content (AvgIpc) is 2.62. The number of rotatable bonds is 4. The molecule has 1 N–H and O–H groups in total. The molecule has 0 bridgehead atoms. The smallest absolute Gasteiger partial charge is 0.0935 e. The van der Waals surface area contributed by atoms with Gasteiger partial charge in [0.15, 0.2) is 0 Å². The van der Waals surface area contributed by atoms with E-state index in [2.05, 4.69) is 0 Å². The lowest BCUT2D eigenvalue weighted by Gasteiger charge is -2.17. The number of furan rings is 1. The highest BCUT2D eigenvalue weighted by atomic mass is 16.3. The molecule has 1 fully saturated rings. The predicted molar refractivity (Wildman–Crippen MR) is 64.2 cm³/mol. The molecule has 2 rings (SSSR count). The normalized spacial score (nSPS) is 20.6. The van der Waals surface area contributed by atoms with E-state index in [4.69, 9.17) is 4.42 Å². The zero-order chi connectivity index (χ0) is 11.2. The lowest BCUT2D eigenvalue weighted by Crippen LogP contribution is -2.15. The highest BCUT2D eigenvalue weighted by Gasteiger charge is 2.17. The zero-order valence-electron chi connectivity index (χ0n) is 9.90. The molecule has 2 heteroatoms. The van der Waals surface area contributed by atoms with Crippen molar-refractivity contribution in [3.05, 3.63) is 24.2 Å². The zero-order valence-corrected chi connectivity index (χ0v) is 9.90. The second-order valence-electron chi connectivity index (χ2n) is 5.08. The monoisotopic (exact) mass is 222 g/mol. The Morgan fingerprint density at radius 3 is 2.62 bits per heavy atom. The van der Waals surface area contributed by atoms with E-state index >= 15 is 0 Å². The Kier molecular flexibility index (Phi) is 4.46. The molecule has 16 heavy (non-hydrogen) atoms. The van der Waals surface area contributed by atoms with Crippen LogP contribution in [0.3, 0.4) is 0 Å². The lowest BCUT2D eigenvalue weighted by atomic mass is 9.92. The molecule has 1 atom stereocenters. The highest BCUT2D eigenvalue weighted by Crippen LogP contribution is 2.27. The Morgan fingerprint density at radius 1 is 1.25 bits per heavy atom. The number of hydrogen-bond donors (Lipinski definition) is 1. The maximum atomic E-state index is 10.0. The van der Waals surface area contributed by atoms with Crippen molar-refractivity contribution in [3.8, 4) is 0 Å². The second kappa shape index (κ2) is 6.09.